The highest BCUT2D eigenvalue weighted by molar-refractivity contribution is 5.24. The largest absolute Gasteiger partial charge is 0.386 e. The summed E-state index contributed by atoms with van der Waals surface area (Å²) < 4.78 is 0. The minimum Gasteiger partial charge on any atom is -0.386 e. The molecule has 3 saturated carbocycles. The molecule has 4 aliphatic rings. The van der Waals surface area contributed by atoms with Gasteiger partial charge in [0.2, 0.25) is 0 Å². The van der Waals surface area contributed by atoms with E-state index in [2.05, 4.69) is 18.1 Å². The first-order valence-electron chi connectivity index (χ1n) is 6.73. The van der Waals surface area contributed by atoms with Gasteiger partial charge < -0.3 is 5.32 Å². The van der Waals surface area contributed by atoms with Crippen molar-refractivity contribution < 1.29 is 0 Å². The summed E-state index contributed by atoms with van der Waals surface area (Å²) >= 11 is 0. The summed E-state index contributed by atoms with van der Waals surface area (Å²) in [6, 6.07) is 0. The zero-order valence-electron chi connectivity index (χ0n) is 9.28. The van der Waals surface area contributed by atoms with E-state index in [9.17, 15) is 0 Å². The summed E-state index contributed by atoms with van der Waals surface area (Å²) in [7, 11) is 0. The molecule has 2 unspecified atom stereocenters. The zero-order valence-corrected chi connectivity index (χ0v) is 9.28. The van der Waals surface area contributed by atoms with E-state index in [1.807, 2.05) is 0 Å². The monoisotopic (exact) mass is 202 g/mol. The molecule has 1 heteroatoms. The second-order valence-electron chi connectivity index (χ2n) is 6.03. The molecule has 3 aliphatic carbocycles. The molecule has 0 aromatic carbocycles. The van der Waals surface area contributed by atoms with Crippen LogP contribution < -0.4 is 5.32 Å². The van der Waals surface area contributed by atoms with Crippen molar-refractivity contribution in [3.8, 4) is 0 Å². The Hall–Kier alpha value is -0.460. The van der Waals surface area contributed by atoms with Crippen molar-refractivity contribution in [2.45, 2.75) is 38.5 Å². The number of allylic oxidation sites excluding steroid dienone is 1. The molecule has 2 atom stereocenters. The average Bonchev–Trinajstić information content (AvgIpc) is 3.19. The predicted octanol–water partition coefficient (Wildman–Crippen LogP) is 3.10. The molecular weight excluding hydrogens is 182 g/mol. The topological polar surface area (TPSA) is 12.0 Å². The quantitative estimate of drug-likeness (QED) is 0.741. The van der Waals surface area contributed by atoms with Crippen molar-refractivity contribution in [1.29, 1.82) is 0 Å². The van der Waals surface area contributed by atoms with Crippen LogP contribution in [0.1, 0.15) is 38.5 Å². The number of rotatable bonds is 3. The summed E-state index contributed by atoms with van der Waals surface area (Å²) in [5, 5.41) is 3.45. The summed E-state index contributed by atoms with van der Waals surface area (Å²) in [5.74, 6) is 4.90. The number of nitrogens with one attached hydrogen (secondary N) is 1. The maximum absolute atomic E-state index is 3.45. The van der Waals surface area contributed by atoms with Crippen molar-refractivity contribution in [3.63, 3.8) is 0 Å². The minimum absolute atomic E-state index is 0.887. The van der Waals surface area contributed by atoms with Gasteiger partial charge in [-0.15, -0.1) is 0 Å². The van der Waals surface area contributed by atoms with Gasteiger partial charge in [-0.3, -0.25) is 0 Å². The molecule has 0 amide bonds. The lowest BCUT2D eigenvalue weighted by Gasteiger charge is -2.33. The Kier molecular flexibility index (Phi) is 1.75. The number of hydrogen-bond acceptors (Lipinski definition) is 1. The highest BCUT2D eigenvalue weighted by atomic mass is 14.9. The van der Waals surface area contributed by atoms with E-state index in [1.165, 1.54) is 38.5 Å². The highest BCUT2D eigenvalue weighted by Gasteiger charge is 2.48. The second-order valence-corrected chi connectivity index (χ2v) is 6.03. The third-order valence-corrected chi connectivity index (χ3v) is 4.68. The van der Waals surface area contributed by atoms with E-state index in [4.69, 9.17) is 0 Å². The van der Waals surface area contributed by atoms with E-state index < -0.39 is 0 Å². The molecule has 81 valence electrons. The molecule has 0 aromatic rings. The van der Waals surface area contributed by atoms with Gasteiger partial charge >= 0.3 is 0 Å². The molecule has 15 heavy (non-hydrogen) atoms. The summed E-state index contributed by atoms with van der Waals surface area (Å²) in [4.78, 5) is 0. The van der Waals surface area contributed by atoms with Crippen molar-refractivity contribution in [2.75, 3.05) is 0 Å². The molecule has 0 spiro atoms. The van der Waals surface area contributed by atoms with Crippen LogP contribution in [-0.2, 0) is 0 Å². The first-order valence-corrected chi connectivity index (χ1v) is 6.73. The Bertz CT molecular complexity index is 294. The van der Waals surface area contributed by atoms with Gasteiger partial charge in [0.1, 0.15) is 0 Å². The second kappa shape index (κ2) is 3.02. The first-order chi connectivity index (χ1) is 7.43. The normalized spacial score (nSPS) is 40.9. The molecule has 0 bridgehead atoms. The Labute approximate surface area is 92.3 Å². The van der Waals surface area contributed by atoms with Gasteiger partial charge in [0.05, 0.1) is 0 Å². The average molecular weight is 202 g/mol. The van der Waals surface area contributed by atoms with Crippen LogP contribution in [-0.4, -0.2) is 0 Å². The van der Waals surface area contributed by atoms with Gasteiger partial charge in [-0.2, -0.15) is 0 Å². The van der Waals surface area contributed by atoms with Gasteiger partial charge in [0, 0.05) is 6.54 Å². The molecule has 0 aromatic heterocycles. The van der Waals surface area contributed by atoms with Gasteiger partial charge in [0.15, 0.2) is 0 Å². The van der Waals surface area contributed by atoms with E-state index in [0.717, 1.165) is 29.6 Å². The van der Waals surface area contributed by atoms with Crippen LogP contribution >= 0.6 is 0 Å². The molecule has 1 nitrogen and oxygen atoms in total. The molecule has 3 fully saturated rings. The van der Waals surface area contributed by atoms with Crippen LogP contribution in [0.2, 0.25) is 0 Å². The molecule has 0 saturated heterocycles. The van der Waals surface area contributed by atoms with Crippen LogP contribution in [0, 0.1) is 36.1 Å². The fourth-order valence-corrected chi connectivity index (χ4v) is 3.44. The molecule has 1 aliphatic heterocycles. The Morgan fingerprint density at radius 2 is 1.67 bits per heavy atom. The van der Waals surface area contributed by atoms with Gasteiger partial charge in [0.25, 0.3) is 0 Å². The first kappa shape index (κ1) is 8.66. The lowest BCUT2D eigenvalue weighted by molar-refractivity contribution is 0.309. The molecule has 1 N–H and O–H groups in total. The maximum atomic E-state index is 3.45. The van der Waals surface area contributed by atoms with Crippen LogP contribution in [0.3, 0.4) is 0 Å². The lowest BCUT2D eigenvalue weighted by Crippen LogP contribution is -2.31. The van der Waals surface area contributed by atoms with E-state index in [1.54, 1.807) is 5.57 Å². The van der Waals surface area contributed by atoms with Crippen LogP contribution in [0.4, 0.5) is 0 Å². The third-order valence-electron chi connectivity index (χ3n) is 4.68. The van der Waals surface area contributed by atoms with Crippen molar-refractivity contribution in [3.05, 3.63) is 18.3 Å². The molecule has 4 rings (SSSR count). The molecule has 1 heterocycles. The van der Waals surface area contributed by atoms with E-state index in [0.29, 0.717) is 0 Å². The van der Waals surface area contributed by atoms with Crippen LogP contribution in [0.15, 0.2) is 11.8 Å². The fourth-order valence-electron chi connectivity index (χ4n) is 3.44. The van der Waals surface area contributed by atoms with Gasteiger partial charge in [-0.05, 0) is 79.9 Å². The predicted molar refractivity (Wildman–Crippen MR) is 60.7 cm³/mol. The molecular formula is C14H20N. The van der Waals surface area contributed by atoms with Crippen molar-refractivity contribution >= 4 is 0 Å². The van der Waals surface area contributed by atoms with E-state index in [-0.39, 0.29) is 0 Å². The SMILES string of the molecule is [CH]1NC=C(C2CC2)C(C2CC2)C1C1CC1. The highest BCUT2D eigenvalue weighted by Crippen LogP contribution is 2.57. The van der Waals surface area contributed by atoms with Crippen molar-refractivity contribution in [1.82, 2.24) is 5.32 Å². The lowest BCUT2D eigenvalue weighted by atomic mass is 9.76. The minimum atomic E-state index is 0.887. The maximum Gasteiger partial charge on any atom is 0.0496 e. The zero-order chi connectivity index (χ0) is 9.83. The molecule has 1 radical (unpaired) electrons. The number of hydrogen-bond donors (Lipinski definition) is 1. The van der Waals surface area contributed by atoms with Crippen LogP contribution in [0.25, 0.3) is 0 Å². The summed E-state index contributed by atoms with van der Waals surface area (Å²) in [5.41, 5.74) is 1.80. The summed E-state index contributed by atoms with van der Waals surface area (Å²) in [6.45, 7) is 2.41. The van der Waals surface area contributed by atoms with Gasteiger partial charge in [-0.1, -0.05) is 0 Å². The standard InChI is InChI=1S/C14H20N/c1-2-9(1)12-7-15-8-13(10-3-4-10)14(12)11-5-6-11/h7-12,14-15H,1-6H2. The third kappa shape index (κ3) is 1.51. The Morgan fingerprint density at radius 3 is 2.27 bits per heavy atom. The summed E-state index contributed by atoms with van der Waals surface area (Å²) in [6.07, 6.45) is 11.3. The smallest absolute Gasteiger partial charge is 0.0496 e. The van der Waals surface area contributed by atoms with Gasteiger partial charge in [-0.25, -0.2) is 0 Å². The Morgan fingerprint density at radius 1 is 0.933 bits per heavy atom. The van der Waals surface area contributed by atoms with Crippen LogP contribution in [0.5, 0.6) is 0 Å². The van der Waals surface area contributed by atoms with Crippen molar-refractivity contribution in [2.24, 2.45) is 29.6 Å². The van der Waals surface area contributed by atoms with E-state index >= 15 is 0 Å². The fraction of sp³-hybridized carbons (Fsp3) is 0.786. The Balaban J connectivity index is 1.61.